The summed E-state index contributed by atoms with van der Waals surface area (Å²) < 4.78 is 18.7. The molecule has 2 heterocycles. The van der Waals surface area contributed by atoms with Crippen molar-refractivity contribution in [2.24, 2.45) is 0 Å². The standard InChI is InChI=1S/C66H46O3S2/c1-3-5-39-67-55-33-25-45-41-51(27-23-47(45)43-55)65(57-15-7-11-19-61(57)70-62-20-12-8-16-58(62)65)49-29-35-53(36-30-49)69-54-37-31-50(32-38-54)66(59-17-9-13-21-63(59)71-64-22-14-10-18-60(64)66)52-28-24-48-44-56(68-40-6-4-2)34-26-46(48)42-52/h7-38,41-44H,39-40H2,1-2H3. The molecule has 0 saturated heterocycles. The Morgan fingerprint density at radius 2 is 0.648 bits per heavy atom. The highest BCUT2D eigenvalue weighted by atomic mass is 32.2. The van der Waals surface area contributed by atoms with E-state index in [0.29, 0.717) is 13.2 Å². The summed E-state index contributed by atoms with van der Waals surface area (Å²) in [6.45, 7) is 4.39. The Hall–Kier alpha value is -8.06. The maximum Gasteiger partial charge on any atom is 0.149 e. The molecule has 0 amide bonds. The van der Waals surface area contributed by atoms with Gasteiger partial charge >= 0.3 is 0 Å². The van der Waals surface area contributed by atoms with E-state index in [1.165, 1.54) is 53.0 Å². The summed E-state index contributed by atoms with van der Waals surface area (Å²) in [4.78, 5) is 4.97. The van der Waals surface area contributed by atoms with Crippen LogP contribution in [0.2, 0.25) is 0 Å². The van der Waals surface area contributed by atoms with Crippen LogP contribution >= 0.6 is 23.5 Å². The normalized spacial score (nSPS) is 13.5. The maximum absolute atomic E-state index is 6.78. The van der Waals surface area contributed by atoms with E-state index in [9.17, 15) is 0 Å². The zero-order valence-electron chi connectivity index (χ0n) is 39.2. The second-order valence-corrected chi connectivity index (χ2v) is 19.9. The maximum atomic E-state index is 6.78. The highest BCUT2D eigenvalue weighted by Crippen LogP contribution is 2.58. The van der Waals surface area contributed by atoms with Crippen molar-refractivity contribution in [3.05, 3.63) is 263 Å². The van der Waals surface area contributed by atoms with E-state index >= 15 is 0 Å². The van der Waals surface area contributed by atoms with Crippen LogP contribution in [0.25, 0.3) is 21.5 Å². The molecule has 0 aromatic heterocycles. The first-order valence-corrected chi connectivity index (χ1v) is 25.5. The smallest absolute Gasteiger partial charge is 0.149 e. The van der Waals surface area contributed by atoms with E-state index in [-0.39, 0.29) is 0 Å². The van der Waals surface area contributed by atoms with Gasteiger partial charge in [-0.3, -0.25) is 0 Å². The molecule has 0 atom stereocenters. The van der Waals surface area contributed by atoms with Gasteiger partial charge in [-0.1, -0.05) is 169 Å². The summed E-state index contributed by atoms with van der Waals surface area (Å²) in [7, 11) is 0. The first-order chi connectivity index (χ1) is 35.1. The van der Waals surface area contributed by atoms with Gasteiger partial charge in [0.15, 0.2) is 0 Å². The summed E-state index contributed by atoms with van der Waals surface area (Å²) >= 11 is 3.68. The van der Waals surface area contributed by atoms with Gasteiger partial charge in [0.1, 0.15) is 36.2 Å². The van der Waals surface area contributed by atoms with Gasteiger partial charge in [0.05, 0.1) is 10.8 Å². The van der Waals surface area contributed by atoms with E-state index in [1.54, 1.807) is 0 Å². The van der Waals surface area contributed by atoms with Gasteiger partial charge in [-0.2, -0.15) is 0 Å². The Balaban J connectivity index is 0.928. The fraction of sp³-hybridized carbons (Fsp3) is 0.0909. The lowest BCUT2D eigenvalue weighted by Gasteiger charge is -2.42. The van der Waals surface area contributed by atoms with E-state index in [0.717, 1.165) is 55.7 Å². The largest absolute Gasteiger partial charge is 0.481 e. The second kappa shape index (κ2) is 18.7. The van der Waals surface area contributed by atoms with Gasteiger partial charge in [-0.15, -0.1) is 11.8 Å². The van der Waals surface area contributed by atoms with Crippen molar-refractivity contribution < 1.29 is 14.2 Å². The average molecular weight is 951 g/mol. The molecular weight excluding hydrogens is 905 g/mol. The highest BCUT2D eigenvalue weighted by Gasteiger charge is 2.46. The predicted molar refractivity (Wildman–Crippen MR) is 291 cm³/mol. The molecule has 12 rings (SSSR count). The first-order valence-electron chi connectivity index (χ1n) is 23.8. The minimum atomic E-state index is -0.597. The zero-order chi connectivity index (χ0) is 47.8. The zero-order valence-corrected chi connectivity index (χ0v) is 40.9. The van der Waals surface area contributed by atoms with E-state index in [1.807, 2.05) is 49.5 Å². The Bertz CT molecular complexity index is 3450. The fourth-order valence-corrected chi connectivity index (χ4v) is 13.1. The lowest BCUT2D eigenvalue weighted by molar-refractivity contribution is 0.370. The van der Waals surface area contributed by atoms with Gasteiger partial charge in [-0.25, -0.2) is 0 Å². The van der Waals surface area contributed by atoms with Crippen LogP contribution in [0.4, 0.5) is 0 Å². The van der Waals surface area contributed by atoms with Crippen LogP contribution in [0.5, 0.6) is 23.0 Å². The van der Waals surface area contributed by atoms with Gasteiger partial charge in [0.25, 0.3) is 0 Å². The number of hydrogen-bond acceptors (Lipinski definition) is 5. The SMILES string of the molecule is CC#CCOc1ccc2cc(C3(c4ccc(Oc5ccc(C6(c7ccc8cc(OCC#CC)ccc8c7)c7ccccc7Sc7ccccc76)cc5)cc4)c4ccccc4Sc4ccccc43)ccc2c1. The molecule has 0 radical (unpaired) electrons. The topological polar surface area (TPSA) is 27.7 Å². The Morgan fingerprint density at radius 1 is 0.338 bits per heavy atom. The number of benzene rings is 10. The van der Waals surface area contributed by atoms with Crippen molar-refractivity contribution in [3.63, 3.8) is 0 Å². The fourth-order valence-electron chi connectivity index (χ4n) is 10.7. The van der Waals surface area contributed by atoms with Crippen LogP contribution < -0.4 is 14.2 Å². The summed E-state index contributed by atoms with van der Waals surface area (Å²) in [6, 6.07) is 79.2. The van der Waals surface area contributed by atoms with Gasteiger partial charge in [-0.05, 0) is 165 Å². The Labute approximate surface area is 423 Å². The number of fused-ring (bicyclic) bond motifs is 6. The molecule has 2 aliphatic rings. The van der Waals surface area contributed by atoms with E-state index in [4.69, 9.17) is 14.2 Å². The third-order valence-corrected chi connectivity index (χ3v) is 16.2. The van der Waals surface area contributed by atoms with Crippen LogP contribution in [0.1, 0.15) is 58.4 Å². The monoisotopic (exact) mass is 950 g/mol. The quantitative estimate of drug-likeness (QED) is 0.127. The molecule has 340 valence electrons. The summed E-state index contributed by atoms with van der Waals surface area (Å²) in [5.74, 6) is 15.0. The molecule has 0 aliphatic carbocycles. The summed E-state index contributed by atoms with van der Waals surface area (Å²) in [5, 5.41) is 4.52. The summed E-state index contributed by atoms with van der Waals surface area (Å²) in [6.07, 6.45) is 0. The van der Waals surface area contributed by atoms with Crippen molar-refractivity contribution in [2.45, 2.75) is 44.3 Å². The van der Waals surface area contributed by atoms with Crippen molar-refractivity contribution in [3.8, 4) is 46.7 Å². The second-order valence-electron chi connectivity index (χ2n) is 17.7. The van der Waals surface area contributed by atoms with Gasteiger partial charge in [0, 0.05) is 19.6 Å². The lowest BCUT2D eigenvalue weighted by Crippen LogP contribution is -2.34. The number of hydrogen-bond donors (Lipinski definition) is 0. The molecule has 0 bridgehead atoms. The molecule has 0 saturated carbocycles. The molecule has 3 nitrogen and oxygen atoms in total. The first kappa shape index (κ1) is 44.2. The van der Waals surface area contributed by atoms with Crippen LogP contribution in [-0.2, 0) is 10.8 Å². The summed E-state index contributed by atoms with van der Waals surface area (Å²) in [5.41, 5.74) is 8.55. The molecule has 0 fully saturated rings. The van der Waals surface area contributed by atoms with E-state index < -0.39 is 10.8 Å². The molecule has 0 N–H and O–H groups in total. The average Bonchev–Trinajstić information content (AvgIpc) is 3.42. The van der Waals surface area contributed by atoms with Crippen molar-refractivity contribution in [1.29, 1.82) is 0 Å². The van der Waals surface area contributed by atoms with Crippen LogP contribution in [-0.4, -0.2) is 13.2 Å². The van der Waals surface area contributed by atoms with Crippen molar-refractivity contribution >= 4 is 45.1 Å². The predicted octanol–water partition coefficient (Wildman–Crippen LogP) is 16.3. The molecule has 10 aromatic carbocycles. The van der Waals surface area contributed by atoms with Crippen LogP contribution in [0, 0.1) is 23.7 Å². The minimum Gasteiger partial charge on any atom is -0.481 e. The minimum absolute atomic E-state index is 0.365. The molecule has 2 aliphatic heterocycles. The van der Waals surface area contributed by atoms with Gasteiger partial charge in [0.2, 0.25) is 0 Å². The van der Waals surface area contributed by atoms with Crippen molar-refractivity contribution in [1.82, 2.24) is 0 Å². The molecule has 10 aromatic rings. The number of rotatable bonds is 10. The number of ether oxygens (including phenoxy) is 3. The third-order valence-electron chi connectivity index (χ3n) is 13.9. The Morgan fingerprint density at radius 3 is 1.01 bits per heavy atom. The molecule has 0 spiro atoms. The van der Waals surface area contributed by atoms with Gasteiger partial charge < -0.3 is 14.2 Å². The molecule has 71 heavy (non-hydrogen) atoms. The van der Waals surface area contributed by atoms with E-state index in [2.05, 4.69) is 230 Å². The van der Waals surface area contributed by atoms with Crippen LogP contribution in [0.3, 0.4) is 0 Å². The third kappa shape index (κ3) is 7.71. The van der Waals surface area contributed by atoms with Crippen LogP contribution in [0.15, 0.2) is 238 Å². The molecular formula is C66H46O3S2. The highest BCUT2D eigenvalue weighted by molar-refractivity contribution is 7.99. The Kier molecular flexibility index (Phi) is 11.6. The van der Waals surface area contributed by atoms with Crippen molar-refractivity contribution in [2.75, 3.05) is 13.2 Å². The lowest BCUT2D eigenvalue weighted by atomic mass is 9.64. The molecule has 0 unspecified atom stereocenters. The molecule has 5 heteroatoms.